The van der Waals surface area contributed by atoms with Crippen molar-refractivity contribution in [2.24, 2.45) is 11.8 Å². The van der Waals surface area contributed by atoms with E-state index in [4.69, 9.17) is 14.2 Å². The lowest BCUT2D eigenvalue weighted by atomic mass is 9.94. The molecule has 342 valence electrons. The number of carbonyl (C=O) groups excluding carboxylic acids is 4. The molecule has 0 aromatic carbocycles. The van der Waals surface area contributed by atoms with E-state index in [1.54, 1.807) is 0 Å². The fourth-order valence-corrected chi connectivity index (χ4v) is 7.54. The van der Waals surface area contributed by atoms with Gasteiger partial charge in [0.1, 0.15) is 6.10 Å². The highest BCUT2D eigenvalue weighted by Crippen LogP contribution is 2.22. The molecule has 1 N–H and O–H groups in total. The summed E-state index contributed by atoms with van der Waals surface area (Å²) in [6.45, 7) is 10.5. The summed E-state index contributed by atoms with van der Waals surface area (Å²) in [5.41, 5.74) is 0. The van der Waals surface area contributed by atoms with Gasteiger partial charge in [-0.1, -0.05) is 156 Å². The first-order valence-electron chi connectivity index (χ1n) is 24.6. The second-order valence-electron chi connectivity index (χ2n) is 17.3. The zero-order chi connectivity index (χ0) is 42.9. The third-order valence-electron chi connectivity index (χ3n) is 11.2. The van der Waals surface area contributed by atoms with Gasteiger partial charge in [-0.3, -0.25) is 19.2 Å². The van der Waals surface area contributed by atoms with Crippen molar-refractivity contribution in [1.82, 2.24) is 10.2 Å². The van der Waals surface area contributed by atoms with Crippen molar-refractivity contribution in [3.8, 4) is 0 Å². The van der Waals surface area contributed by atoms with Gasteiger partial charge in [-0.2, -0.15) is 0 Å². The highest BCUT2D eigenvalue weighted by Gasteiger charge is 2.21. The van der Waals surface area contributed by atoms with E-state index < -0.39 is 6.10 Å². The molecule has 9 nitrogen and oxygen atoms in total. The molecule has 0 rings (SSSR count). The Morgan fingerprint density at radius 1 is 0.466 bits per heavy atom. The van der Waals surface area contributed by atoms with Crippen LogP contribution in [0.2, 0.25) is 0 Å². The lowest BCUT2D eigenvalue weighted by Gasteiger charge is -2.22. The number of esters is 3. The molecule has 3 unspecified atom stereocenters. The lowest BCUT2D eigenvalue weighted by Crippen LogP contribution is -2.40. The first-order chi connectivity index (χ1) is 28.2. The maximum atomic E-state index is 12.9. The van der Waals surface area contributed by atoms with Gasteiger partial charge < -0.3 is 24.4 Å². The molecule has 58 heavy (non-hydrogen) atoms. The second kappa shape index (κ2) is 41.6. The predicted molar refractivity (Wildman–Crippen MR) is 241 cm³/mol. The van der Waals surface area contributed by atoms with Gasteiger partial charge in [0.05, 0.1) is 31.6 Å². The zero-order valence-electron chi connectivity index (χ0n) is 39.0. The van der Waals surface area contributed by atoms with E-state index in [0.29, 0.717) is 45.4 Å². The van der Waals surface area contributed by atoms with E-state index in [2.05, 4.69) is 33.0 Å². The monoisotopic (exact) mass is 823 g/mol. The molecular formula is C49H94N2O7. The molecule has 0 aliphatic carbocycles. The van der Waals surface area contributed by atoms with Gasteiger partial charge in [-0.25, -0.2) is 0 Å². The van der Waals surface area contributed by atoms with Crippen LogP contribution in [-0.2, 0) is 33.4 Å². The van der Waals surface area contributed by atoms with Crippen LogP contribution in [0.4, 0.5) is 0 Å². The Bertz CT molecular complexity index is 975. The fraction of sp³-hybridized carbons (Fsp3) is 0.918. The van der Waals surface area contributed by atoms with Crippen LogP contribution in [0.3, 0.4) is 0 Å². The topological polar surface area (TPSA) is 111 Å². The quantitative estimate of drug-likeness (QED) is 0.0368. The summed E-state index contributed by atoms with van der Waals surface area (Å²) in [6, 6.07) is 0. The molecule has 0 saturated heterocycles. The van der Waals surface area contributed by atoms with Crippen LogP contribution in [0.5, 0.6) is 0 Å². The number of rotatable bonds is 43. The van der Waals surface area contributed by atoms with Crippen molar-refractivity contribution < 1.29 is 33.4 Å². The molecule has 0 aliphatic rings. The van der Waals surface area contributed by atoms with E-state index in [1.807, 2.05) is 19.0 Å². The number of hydrogen-bond acceptors (Lipinski definition) is 8. The third-order valence-corrected chi connectivity index (χ3v) is 11.2. The van der Waals surface area contributed by atoms with Crippen molar-refractivity contribution in [3.63, 3.8) is 0 Å². The summed E-state index contributed by atoms with van der Waals surface area (Å²) in [7, 11) is 3.84. The van der Waals surface area contributed by atoms with E-state index in [-0.39, 0.29) is 42.2 Å². The Labute approximate surface area is 358 Å². The van der Waals surface area contributed by atoms with Crippen LogP contribution in [0, 0.1) is 11.8 Å². The first-order valence-corrected chi connectivity index (χ1v) is 24.6. The van der Waals surface area contributed by atoms with E-state index in [0.717, 1.165) is 77.0 Å². The molecule has 0 aliphatic heterocycles. The number of unbranched alkanes of at least 4 members (excludes halogenated alkanes) is 20. The van der Waals surface area contributed by atoms with Gasteiger partial charge in [0.25, 0.3) is 0 Å². The first kappa shape index (κ1) is 55.8. The number of likely N-dealkylation sites (N-methyl/N-ethyl adjacent to an activating group) is 1. The summed E-state index contributed by atoms with van der Waals surface area (Å²) in [5, 5.41) is 2.95. The van der Waals surface area contributed by atoms with E-state index in [9.17, 15) is 19.2 Å². The molecule has 0 bridgehead atoms. The Kier molecular flexibility index (Phi) is 40.0. The van der Waals surface area contributed by atoms with Crippen molar-refractivity contribution >= 4 is 23.8 Å². The van der Waals surface area contributed by atoms with Crippen LogP contribution in [0.1, 0.15) is 233 Å². The molecule has 0 aromatic heterocycles. The number of ether oxygens (including phenoxy) is 3. The van der Waals surface area contributed by atoms with Gasteiger partial charge in [0.15, 0.2) is 0 Å². The number of hydrogen-bond donors (Lipinski definition) is 1. The summed E-state index contributed by atoms with van der Waals surface area (Å²) >= 11 is 0. The molecule has 0 radical (unpaired) electrons. The van der Waals surface area contributed by atoms with Crippen LogP contribution in [0.25, 0.3) is 0 Å². The normalized spacial score (nSPS) is 12.9. The van der Waals surface area contributed by atoms with Gasteiger partial charge in [0, 0.05) is 19.4 Å². The highest BCUT2D eigenvalue weighted by atomic mass is 16.5. The van der Waals surface area contributed by atoms with Crippen LogP contribution < -0.4 is 5.32 Å². The lowest BCUT2D eigenvalue weighted by molar-refractivity contribution is -0.151. The molecule has 0 aromatic rings. The maximum absolute atomic E-state index is 12.9. The number of amides is 1. The molecule has 0 heterocycles. The van der Waals surface area contributed by atoms with Crippen molar-refractivity contribution in [2.45, 2.75) is 239 Å². The standard InChI is InChI=1S/C49H94N2O7/c1-7-11-15-19-21-27-35-43(33-25-17-13-9-3)48(54)56-39-31-23-29-37-46(52)50-41-45(42-51(5)6)58-47(53)38-30-24-32-40-57-49(55)44(34-26-18-14-10-4)36-28-22-20-16-12-8-2/h43-45H,7-42H2,1-6H3,(H,50,52). The minimum absolute atomic E-state index is 0.00545. The van der Waals surface area contributed by atoms with Gasteiger partial charge in [-0.15, -0.1) is 0 Å². The highest BCUT2D eigenvalue weighted by molar-refractivity contribution is 5.76. The van der Waals surface area contributed by atoms with Crippen molar-refractivity contribution in [1.29, 1.82) is 0 Å². The summed E-state index contributed by atoms with van der Waals surface area (Å²) < 4.78 is 17.2. The third kappa shape index (κ3) is 35.8. The predicted octanol–water partition coefficient (Wildman–Crippen LogP) is 12.5. The Morgan fingerprint density at radius 3 is 1.24 bits per heavy atom. The smallest absolute Gasteiger partial charge is 0.308 e. The van der Waals surface area contributed by atoms with Gasteiger partial charge in [-0.05, 0) is 78.3 Å². The van der Waals surface area contributed by atoms with Crippen molar-refractivity contribution in [2.75, 3.05) is 40.4 Å². The summed E-state index contributed by atoms with van der Waals surface area (Å²) in [5.74, 6) is -0.404. The maximum Gasteiger partial charge on any atom is 0.308 e. The summed E-state index contributed by atoms with van der Waals surface area (Å²) in [4.78, 5) is 53.1. The molecule has 1 amide bonds. The molecular weight excluding hydrogens is 729 g/mol. The molecule has 0 spiro atoms. The average molecular weight is 823 g/mol. The molecule has 3 atom stereocenters. The summed E-state index contributed by atoms with van der Waals surface area (Å²) in [6.07, 6.45) is 32.5. The minimum atomic E-state index is -0.431. The average Bonchev–Trinajstić information content (AvgIpc) is 3.20. The second-order valence-corrected chi connectivity index (χ2v) is 17.3. The van der Waals surface area contributed by atoms with Crippen LogP contribution in [0.15, 0.2) is 0 Å². The SMILES string of the molecule is CCCCCCCCC(CCCCCC)C(=O)OCCCCCC(=O)NCC(CN(C)C)OC(=O)CCCCCOC(=O)C(CCCCCC)CCCCCCCC. The van der Waals surface area contributed by atoms with E-state index >= 15 is 0 Å². The van der Waals surface area contributed by atoms with Crippen LogP contribution in [-0.4, -0.2) is 75.2 Å². The molecule has 9 heteroatoms. The zero-order valence-corrected chi connectivity index (χ0v) is 39.0. The van der Waals surface area contributed by atoms with E-state index in [1.165, 1.54) is 103 Å². The van der Waals surface area contributed by atoms with Crippen molar-refractivity contribution in [3.05, 3.63) is 0 Å². The largest absolute Gasteiger partial charge is 0.465 e. The molecule has 0 fully saturated rings. The number of nitrogens with zero attached hydrogens (tertiary/aromatic N) is 1. The van der Waals surface area contributed by atoms with Gasteiger partial charge in [0.2, 0.25) is 5.91 Å². The number of nitrogens with one attached hydrogen (secondary N) is 1. The van der Waals surface area contributed by atoms with Gasteiger partial charge >= 0.3 is 17.9 Å². The fourth-order valence-electron chi connectivity index (χ4n) is 7.54. The Balaban J connectivity index is 4.41. The molecule has 0 saturated carbocycles. The number of carbonyl (C=O) groups is 4. The minimum Gasteiger partial charge on any atom is -0.465 e. The van der Waals surface area contributed by atoms with Crippen LogP contribution >= 0.6 is 0 Å². The Hall–Kier alpha value is -2.16. The Morgan fingerprint density at radius 2 is 0.828 bits per heavy atom.